The van der Waals surface area contributed by atoms with Crippen molar-refractivity contribution < 1.29 is 4.98 Å². The van der Waals surface area contributed by atoms with Gasteiger partial charge in [-0.15, -0.1) is 0 Å². The van der Waals surface area contributed by atoms with Crippen molar-refractivity contribution in [1.82, 2.24) is 10.2 Å². The van der Waals surface area contributed by atoms with Gasteiger partial charge in [0.1, 0.15) is 5.52 Å². The van der Waals surface area contributed by atoms with E-state index in [1.54, 1.807) is 0 Å². The monoisotopic (exact) mass is 179 g/mol. The predicted octanol–water partition coefficient (Wildman–Crippen LogP) is 1.29. The molecule has 0 aliphatic carbocycles. The van der Waals surface area contributed by atoms with E-state index < -0.39 is 0 Å². The number of aromatic amines is 2. The molecule has 0 bridgehead atoms. The number of pyridine rings is 1. The first-order valence-corrected chi connectivity index (χ1v) is 4.40. The number of hydrogen-bond acceptors (Lipinski definition) is 2. The van der Waals surface area contributed by atoms with Crippen LogP contribution >= 0.6 is 0 Å². The van der Waals surface area contributed by atoms with Crippen LogP contribution < -0.4 is 10.7 Å². The van der Waals surface area contributed by atoms with Crippen molar-refractivity contribution in [3.63, 3.8) is 0 Å². The Hall–Kier alpha value is -1.58. The normalized spacial score (nSPS) is 9.46. The Labute approximate surface area is 77.2 Å². The Kier molecular flexibility index (Phi) is 2.84. The summed E-state index contributed by atoms with van der Waals surface area (Å²) >= 11 is 0. The highest BCUT2D eigenvalue weighted by Crippen LogP contribution is 2.14. The number of aromatic nitrogens is 3. The lowest BCUT2D eigenvalue weighted by molar-refractivity contribution is -0.344. The van der Waals surface area contributed by atoms with E-state index in [9.17, 15) is 0 Å². The van der Waals surface area contributed by atoms with Crippen LogP contribution in [0.5, 0.6) is 0 Å². The van der Waals surface area contributed by atoms with Gasteiger partial charge in [-0.1, -0.05) is 13.8 Å². The van der Waals surface area contributed by atoms with Crippen LogP contribution in [-0.2, 0) is 0 Å². The summed E-state index contributed by atoms with van der Waals surface area (Å²) in [5, 5.41) is 6.73. The summed E-state index contributed by atoms with van der Waals surface area (Å²) in [7, 11) is 0. The van der Waals surface area contributed by atoms with Crippen molar-refractivity contribution >= 4 is 16.9 Å². The fourth-order valence-corrected chi connectivity index (χ4v) is 1.12. The number of nitrogens with two attached hydrogens (primary N) is 1. The Morgan fingerprint density at radius 2 is 2.15 bits per heavy atom. The summed E-state index contributed by atoms with van der Waals surface area (Å²) in [6.07, 6.45) is 1.85. The number of nitrogen functional groups attached to an aromatic ring is 1. The molecule has 0 saturated heterocycles. The van der Waals surface area contributed by atoms with Gasteiger partial charge >= 0.3 is 0 Å². The number of aryl methyl sites for hydroxylation is 1. The quantitative estimate of drug-likeness (QED) is 0.640. The molecule has 4 nitrogen and oxygen atoms in total. The van der Waals surface area contributed by atoms with E-state index in [1.165, 1.54) is 0 Å². The third-order valence-electron chi connectivity index (χ3n) is 1.75. The summed E-state index contributed by atoms with van der Waals surface area (Å²) < 4.78 is 0. The van der Waals surface area contributed by atoms with Crippen molar-refractivity contribution in [3.8, 4) is 0 Å². The molecule has 0 aromatic carbocycles. The van der Waals surface area contributed by atoms with Gasteiger partial charge in [0.2, 0.25) is 5.82 Å². The first-order valence-electron chi connectivity index (χ1n) is 4.40. The average molecular weight is 179 g/mol. The first-order chi connectivity index (χ1) is 6.29. The molecule has 2 heterocycles. The number of fused-ring (bicyclic) bond motifs is 1. The summed E-state index contributed by atoms with van der Waals surface area (Å²) in [5.41, 5.74) is 8.57. The highest BCUT2D eigenvalue weighted by molar-refractivity contribution is 5.83. The van der Waals surface area contributed by atoms with E-state index in [0.717, 1.165) is 16.6 Å². The molecule has 0 radical (unpaired) electrons. The molecular weight excluding hydrogens is 164 g/mol. The van der Waals surface area contributed by atoms with Crippen LogP contribution in [0, 0.1) is 6.92 Å². The smallest absolute Gasteiger partial charge is 0.273 e. The van der Waals surface area contributed by atoms with Crippen LogP contribution in [0.3, 0.4) is 0 Å². The molecule has 4 heteroatoms. The number of anilines is 1. The minimum Gasteiger partial charge on any atom is -0.377 e. The fourth-order valence-electron chi connectivity index (χ4n) is 1.12. The maximum absolute atomic E-state index is 5.57. The lowest BCUT2D eigenvalue weighted by atomic mass is 10.2. The molecule has 0 saturated carbocycles. The van der Waals surface area contributed by atoms with Crippen LogP contribution in [0.4, 0.5) is 5.82 Å². The molecule has 0 fully saturated rings. The standard InChI is InChI=1S/C7H8N4.C2H6/c1-4-2-3-9-6-5(4)10-11-7(6)8;1-2/h2-3H,1H3,(H3,8,10,11);1-2H3/p+1. The van der Waals surface area contributed by atoms with Gasteiger partial charge in [0.25, 0.3) is 5.52 Å². The van der Waals surface area contributed by atoms with E-state index in [1.807, 2.05) is 33.0 Å². The Balaban J connectivity index is 0.000000396. The number of nitrogens with zero attached hydrogens (tertiary/aromatic N) is 1. The zero-order valence-electron chi connectivity index (χ0n) is 8.18. The third-order valence-corrected chi connectivity index (χ3v) is 1.75. The summed E-state index contributed by atoms with van der Waals surface area (Å²) in [4.78, 5) is 3.02. The van der Waals surface area contributed by atoms with Crippen molar-refractivity contribution in [3.05, 3.63) is 17.8 Å². The van der Waals surface area contributed by atoms with Gasteiger partial charge in [-0.3, -0.25) is 5.10 Å². The summed E-state index contributed by atoms with van der Waals surface area (Å²) in [6, 6.07) is 1.97. The van der Waals surface area contributed by atoms with Gasteiger partial charge < -0.3 is 5.73 Å². The summed E-state index contributed by atoms with van der Waals surface area (Å²) in [5.74, 6) is 0.517. The highest BCUT2D eigenvalue weighted by Gasteiger charge is 2.09. The molecule has 0 amide bonds. The second-order valence-corrected chi connectivity index (χ2v) is 2.52. The molecule has 4 N–H and O–H groups in total. The molecule has 13 heavy (non-hydrogen) atoms. The van der Waals surface area contributed by atoms with Crippen LogP contribution in [0.15, 0.2) is 12.3 Å². The Morgan fingerprint density at radius 1 is 1.46 bits per heavy atom. The van der Waals surface area contributed by atoms with Crippen molar-refractivity contribution in [2.24, 2.45) is 0 Å². The molecule has 2 aromatic heterocycles. The minimum atomic E-state index is 0.517. The van der Waals surface area contributed by atoms with Gasteiger partial charge in [-0.05, 0) is 12.5 Å². The van der Waals surface area contributed by atoms with E-state index in [2.05, 4.69) is 15.2 Å². The first kappa shape index (κ1) is 9.51. The van der Waals surface area contributed by atoms with E-state index in [4.69, 9.17) is 5.73 Å². The van der Waals surface area contributed by atoms with Gasteiger partial charge in [0, 0.05) is 6.07 Å². The van der Waals surface area contributed by atoms with Gasteiger partial charge in [-0.25, -0.2) is 4.98 Å². The predicted molar refractivity (Wildman–Crippen MR) is 53.1 cm³/mol. The van der Waals surface area contributed by atoms with Crippen LogP contribution in [0.1, 0.15) is 19.4 Å². The fraction of sp³-hybridized carbons (Fsp3) is 0.333. The van der Waals surface area contributed by atoms with Crippen molar-refractivity contribution in [2.45, 2.75) is 20.8 Å². The van der Waals surface area contributed by atoms with Gasteiger partial charge in [-0.2, -0.15) is 5.10 Å². The number of hydrogen-bond donors (Lipinski definition) is 2. The zero-order chi connectivity index (χ0) is 9.84. The van der Waals surface area contributed by atoms with Gasteiger partial charge in [0.05, 0.1) is 0 Å². The maximum atomic E-state index is 5.57. The number of H-pyrrole nitrogens is 2. The second-order valence-electron chi connectivity index (χ2n) is 2.52. The molecule has 0 aliphatic rings. The minimum absolute atomic E-state index is 0.517. The van der Waals surface area contributed by atoms with E-state index in [-0.39, 0.29) is 0 Å². The number of nitrogens with one attached hydrogen (secondary N) is 2. The molecule has 0 spiro atoms. The SMILES string of the molecule is CC.Cc1cc[nH+]c2c(N)n[nH]c12. The van der Waals surface area contributed by atoms with Crippen molar-refractivity contribution in [1.29, 1.82) is 0 Å². The van der Waals surface area contributed by atoms with Crippen LogP contribution in [0.25, 0.3) is 11.0 Å². The molecule has 0 unspecified atom stereocenters. The lowest BCUT2D eigenvalue weighted by Crippen LogP contribution is -2.03. The molecule has 0 atom stereocenters. The second kappa shape index (κ2) is 3.89. The largest absolute Gasteiger partial charge is 0.377 e. The molecule has 70 valence electrons. The molecule has 2 aromatic rings. The molecular formula is C9H15N4+. The lowest BCUT2D eigenvalue weighted by Gasteiger charge is -1.86. The van der Waals surface area contributed by atoms with Crippen LogP contribution in [-0.4, -0.2) is 10.2 Å². The van der Waals surface area contributed by atoms with E-state index >= 15 is 0 Å². The summed E-state index contributed by atoms with van der Waals surface area (Å²) in [6.45, 7) is 6.01. The topological polar surface area (TPSA) is 68.8 Å². The zero-order valence-corrected chi connectivity index (χ0v) is 8.18. The maximum Gasteiger partial charge on any atom is 0.273 e. The van der Waals surface area contributed by atoms with E-state index in [0.29, 0.717) is 5.82 Å². The highest BCUT2D eigenvalue weighted by atomic mass is 15.2. The average Bonchev–Trinajstić information content (AvgIpc) is 2.53. The van der Waals surface area contributed by atoms with Crippen LogP contribution in [0.2, 0.25) is 0 Å². The molecule has 2 rings (SSSR count). The molecule has 0 aliphatic heterocycles. The Bertz CT molecular complexity index is 391. The number of rotatable bonds is 0. The third kappa shape index (κ3) is 1.61. The van der Waals surface area contributed by atoms with Gasteiger partial charge in [0.15, 0.2) is 6.20 Å². The van der Waals surface area contributed by atoms with Crippen molar-refractivity contribution in [2.75, 3.05) is 5.73 Å². The Morgan fingerprint density at radius 3 is 2.77 bits per heavy atom.